The van der Waals surface area contributed by atoms with E-state index in [0.29, 0.717) is 18.1 Å². The van der Waals surface area contributed by atoms with Crippen molar-refractivity contribution in [1.82, 2.24) is 0 Å². The van der Waals surface area contributed by atoms with E-state index in [1.54, 1.807) is 0 Å². The van der Waals surface area contributed by atoms with Crippen LogP contribution in [0.3, 0.4) is 0 Å². The van der Waals surface area contributed by atoms with Crippen molar-refractivity contribution in [2.24, 2.45) is 5.92 Å². The number of rotatable bonds is 7. The molecule has 0 saturated carbocycles. The van der Waals surface area contributed by atoms with Gasteiger partial charge in [-0.25, -0.2) is 0 Å². The molecule has 0 fully saturated rings. The first-order valence-electron chi connectivity index (χ1n) is 6.18. The van der Waals surface area contributed by atoms with Crippen LogP contribution in [0.2, 0.25) is 0 Å². The summed E-state index contributed by atoms with van der Waals surface area (Å²) in [6.07, 6.45) is 1.25. The Hall–Kier alpha value is -1.16. The number of carboxylic acids is 1. The summed E-state index contributed by atoms with van der Waals surface area (Å²) in [5.74, 6) is -0.218. The standard InChI is InChI=1S/C14H20O3S/c1-3-11(2)10-18(17)13(14(15)16)9-12-7-5-4-6-8-12/h4-8,11,13H,3,9-10H2,1-2H3,(H,15,16). The summed E-state index contributed by atoms with van der Waals surface area (Å²) in [4.78, 5) is 11.2. The van der Waals surface area contributed by atoms with Gasteiger partial charge >= 0.3 is 5.97 Å². The maximum Gasteiger partial charge on any atom is 0.319 e. The highest BCUT2D eigenvalue weighted by Gasteiger charge is 2.25. The van der Waals surface area contributed by atoms with E-state index in [-0.39, 0.29) is 0 Å². The molecule has 3 nitrogen and oxygen atoms in total. The van der Waals surface area contributed by atoms with E-state index in [4.69, 9.17) is 0 Å². The minimum atomic E-state index is -1.32. The lowest BCUT2D eigenvalue weighted by atomic mass is 10.1. The third kappa shape index (κ3) is 4.61. The Kier molecular flexibility index (Phi) is 6.05. The first kappa shape index (κ1) is 14.9. The van der Waals surface area contributed by atoms with Crippen LogP contribution in [0, 0.1) is 5.92 Å². The smallest absolute Gasteiger partial charge is 0.319 e. The normalized spacial score (nSPS) is 15.9. The lowest BCUT2D eigenvalue weighted by molar-refractivity contribution is -0.136. The third-order valence-electron chi connectivity index (χ3n) is 3.00. The molecule has 3 unspecified atom stereocenters. The van der Waals surface area contributed by atoms with Crippen molar-refractivity contribution in [2.45, 2.75) is 31.9 Å². The summed E-state index contributed by atoms with van der Waals surface area (Å²) in [6.45, 7) is 4.02. The van der Waals surface area contributed by atoms with Gasteiger partial charge in [0.25, 0.3) is 0 Å². The second-order valence-electron chi connectivity index (χ2n) is 4.58. The SMILES string of the molecule is CCC(C)CS(=O)C(Cc1ccccc1)C(=O)O. The molecule has 0 amide bonds. The fraction of sp³-hybridized carbons (Fsp3) is 0.500. The van der Waals surface area contributed by atoms with E-state index >= 15 is 0 Å². The molecule has 18 heavy (non-hydrogen) atoms. The predicted octanol–water partition coefficient (Wildman–Crippen LogP) is 2.48. The number of benzene rings is 1. The molecule has 0 saturated heterocycles. The van der Waals surface area contributed by atoms with E-state index in [9.17, 15) is 14.1 Å². The topological polar surface area (TPSA) is 54.4 Å². The molecule has 1 aromatic rings. The number of hydrogen-bond donors (Lipinski definition) is 1. The van der Waals surface area contributed by atoms with Gasteiger partial charge in [0.1, 0.15) is 5.25 Å². The van der Waals surface area contributed by atoms with Crippen molar-refractivity contribution in [2.75, 3.05) is 5.75 Å². The Morgan fingerprint density at radius 2 is 1.94 bits per heavy atom. The van der Waals surface area contributed by atoms with Gasteiger partial charge in [-0.05, 0) is 17.9 Å². The highest BCUT2D eigenvalue weighted by Crippen LogP contribution is 2.12. The maximum atomic E-state index is 12.1. The van der Waals surface area contributed by atoms with Crippen molar-refractivity contribution < 1.29 is 14.1 Å². The fourth-order valence-corrected chi connectivity index (χ4v) is 3.27. The minimum absolute atomic E-state index is 0.295. The van der Waals surface area contributed by atoms with Crippen molar-refractivity contribution in [3.8, 4) is 0 Å². The van der Waals surface area contributed by atoms with Gasteiger partial charge in [-0.1, -0.05) is 50.6 Å². The zero-order chi connectivity index (χ0) is 13.5. The Morgan fingerprint density at radius 3 is 2.44 bits per heavy atom. The van der Waals surface area contributed by atoms with E-state index in [1.165, 1.54) is 0 Å². The van der Waals surface area contributed by atoms with Crippen LogP contribution in [0.15, 0.2) is 30.3 Å². The molecule has 0 radical (unpaired) electrons. The Balaban J connectivity index is 2.71. The Morgan fingerprint density at radius 1 is 1.33 bits per heavy atom. The fourth-order valence-electron chi connectivity index (χ4n) is 1.64. The van der Waals surface area contributed by atoms with Crippen LogP contribution >= 0.6 is 0 Å². The van der Waals surface area contributed by atoms with Gasteiger partial charge in [-0.15, -0.1) is 0 Å². The number of carbonyl (C=O) groups is 1. The zero-order valence-electron chi connectivity index (χ0n) is 10.8. The first-order chi connectivity index (χ1) is 8.54. The number of carboxylic acid groups (broad SMARTS) is 1. The van der Waals surface area contributed by atoms with E-state index in [1.807, 2.05) is 44.2 Å². The largest absolute Gasteiger partial charge is 0.480 e. The molecule has 4 heteroatoms. The molecule has 0 heterocycles. The van der Waals surface area contributed by atoms with Crippen LogP contribution < -0.4 is 0 Å². The molecule has 3 atom stereocenters. The lowest BCUT2D eigenvalue weighted by Gasteiger charge is -2.15. The van der Waals surface area contributed by atoms with E-state index < -0.39 is 22.0 Å². The monoisotopic (exact) mass is 268 g/mol. The average molecular weight is 268 g/mol. The summed E-state index contributed by atoms with van der Waals surface area (Å²) in [5, 5.41) is 8.39. The number of hydrogen-bond acceptors (Lipinski definition) is 2. The molecule has 0 aromatic heterocycles. The summed E-state index contributed by atoms with van der Waals surface area (Å²) in [5.41, 5.74) is 0.919. The van der Waals surface area contributed by atoms with Crippen LogP contribution in [-0.4, -0.2) is 26.3 Å². The van der Waals surface area contributed by atoms with Crippen LogP contribution in [0.4, 0.5) is 0 Å². The van der Waals surface area contributed by atoms with Crippen LogP contribution in [0.25, 0.3) is 0 Å². The number of aliphatic carboxylic acids is 1. The summed E-state index contributed by atoms with van der Waals surface area (Å²) < 4.78 is 12.1. The molecule has 1 N–H and O–H groups in total. The highest BCUT2D eigenvalue weighted by atomic mass is 32.2. The second kappa shape index (κ2) is 7.31. The molecule has 1 aromatic carbocycles. The zero-order valence-corrected chi connectivity index (χ0v) is 11.7. The quantitative estimate of drug-likeness (QED) is 0.826. The molecular formula is C14H20O3S. The lowest BCUT2D eigenvalue weighted by Crippen LogP contribution is -2.31. The molecule has 0 aliphatic heterocycles. The predicted molar refractivity (Wildman–Crippen MR) is 74.0 cm³/mol. The summed E-state index contributed by atoms with van der Waals surface area (Å²) in [7, 11) is -1.32. The minimum Gasteiger partial charge on any atom is -0.480 e. The Bertz CT molecular complexity index is 403. The van der Waals surface area contributed by atoms with Crippen molar-refractivity contribution in [3.63, 3.8) is 0 Å². The van der Waals surface area contributed by atoms with Crippen molar-refractivity contribution in [1.29, 1.82) is 0 Å². The van der Waals surface area contributed by atoms with Gasteiger partial charge in [0.05, 0.1) is 0 Å². The molecule has 0 aliphatic rings. The highest BCUT2D eigenvalue weighted by molar-refractivity contribution is 7.86. The van der Waals surface area contributed by atoms with Crippen LogP contribution in [0.5, 0.6) is 0 Å². The van der Waals surface area contributed by atoms with Gasteiger partial charge in [0.15, 0.2) is 0 Å². The third-order valence-corrected chi connectivity index (χ3v) is 4.90. The molecule has 100 valence electrons. The maximum absolute atomic E-state index is 12.1. The van der Waals surface area contributed by atoms with Crippen LogP contribution in [-0.2, 0) is 22.0 Å². The molecular weight excluding hydrogens is 248 g/mol. The molecule has 0 bridgehead atoms. The summed E-state index contributed by atoms with van der Waals surface area (Å²) >= 11 is 0. The summed E-state index contributed by atoms with van der Waals surface area (Å²) in [6, 6.07) is 9.36. The van der Waals surface area contributed by atoms with Gasteiger partial charge in [-0.2, -0.15) is 0 Å². The molecule has 0 spiro atoms. The second-order valence-corrected chi connectivity index (χ2v) is 6.24. The average Bonchev–Trinajstić information content (AvgIpc) is 2.36. The molecule has 1 rings (SSSR count). The van der Waals surface area contributed by atoms with Gasteiger partial charge < -0.3 is 5.11 Å². The first-order valence-corrected chi connectivity index (χ1v) is 7.56. The molecule has 0 aliphatic carbocycles. The van der Waals surface area contributed by atoms with Gasteiger partial charge in [0.2, 0.25) is 0 Å². The van der Waals surface area contributed by atoms with Gasteiger partial charge in [0, 0.05) is 16.6 Å². The van der Waals surface area contributed by atoms with E-state index in [0.717, 1.165) is 12.0 Å². The van der Waals surface area contributed by atoms with Gasteiger partial charge in [-0.3, -0.25) is 9.00 Å². The van der Waals surface area contributed by atoms with Crippen molar-refractivity contribution in [3.05, 3.63) is 35.9 Å². The van der Waals surface area contributed by atoms with Crippen LogP contribution in [0.1, 0.15) is 25.8 Å². The Labute approximate surface area is 111 Å². The van der Waals surface area contributed by atoms with E-state index in [2.05, 4.69) is 0 Å². The van der Waals surface area contributed by atoms with Crippen molar-refractivity contribution >= 4 is 16.8 Å².